The summed E-state index contributed by atoms with van der Waals surface area (Å²) in [6.45, 7) is -0.579. The molecule has 0 aliphatic carbocycles. The smallest absolute Gasteiger partial charge is 0.431 e. The predicted octanol–water partition coefficient (Wildman–Crippen LogP) is 4.66. The molecule has 208 valence electrons. The van der Waals surface area contributed by atoms with E-state index in [2.05, 4.69) is 4.98 Å². The molecule has 40 heavy (non-hydrogen) atoms. The fourth-order valence-corrected chi connectivity index (χ4v) is 3.66. The zero-order valence-corrected chi connectivity index (χ0v) is 21.2. The molecule has 2 aromatic carbocycles. The van der Waals surface area contributed by atoms with Crippen LogP contribution in [-0.2, 0) is 29.4 Å². The number of para-hydroxylation sites is 2. The summed E-state index contributed by atoms with van der Waals surface area (Å²) in [5, 5.41) is -0.289. The van der Waals surface area contributed by atoms with Crippen molar-refractivity contribution in [3.63, 3.8) is 0 Å². The summed E-state index contributed by atoms with van der Waals surface area (Å²) in [5.41, 5.74) is -4.54. The zero-order chi connectivity index (χ0) is 29.0. The van der Waals surface area contributed by atoms with Gasteiger partial charge in [0.25, 0.3) is 5.56 Å². The Balaban J connectivity index is 1.59. The van der Waals surface area contributed by atoms with Crippen molar-refractivity contribution in [1.82, 2.24) is 14.1 Å². The Kier molecular flexibility index (Phi) is 8.24. The molecule has 0 radical (unpaired) electrons. The number of rotatable bonds is 8. The van der Waals surface area contributed by atoms with Crippen LogP contribution in [0.2, 0.25) is 5.02 Å². The Hall–Kier alpha value is -4.65. The van der Waals surface area contributed by atoms with Crippen LogP contribution in [0.5, 0.6) is 17.2 Å². The molecule has 2 aromatic heterocycles. The van der Waals surface area contributed by atoms with Crippen LogP contribution in [0.4, 0.5) is 17.6 Å². The molecule has 0 N–H and O–H groups in total. The van der Waals surface area contributed by atoms with E-state index in [-0.39, 0.29) is 44.1 Å². The molecule has 0 fully saturated rings. The van der Waals surface area contributed by atoms with Gasteiger partial charge in [-0.05, 0) is 30.3 Å². The number of hydrogen-bond acceptors (Lipinski definition) is 7. The van der Waals surface area contributed by atoms with Gasteiger partial charge in [0.1, 0.15) is 23.9 Å². The number of pyridine rings is 1. The van der Waals surface area contributed by atoms with Gasteiger partial charge in [-0.25, -0.2) is 18.5 Å². The second kappa shape index (κ2) is 11.6. The normalized spacial score (nSPS) is 11.2. The van der Waals surface area contributed by atoms with Crippen molar-refractivity contribution >= 4 is 17.6 Å². The standard InChI is InChI=1S/C26H18ClF4N3O6/c1-33-22(26(29,30)31)12-23(35)34(25(33)37)18-11-21(16(27)10-17(18)28)40-20-8-3-2-7-19(20)38-14-24(36)39-13-15-6-4-5-9-32-15/h2-12H,13-14H2,1H3. The number of alkyl halides is 3. The fourth-order valence-electron chi connectivity index (χ4n) is 3.48. The van der Waals surface area contributed by atoms with Gasteiger partial charge in [0.05, 0.1) is 16.4 Å². The second-order valence-corrected chi connectivity index (χ2v) is 8.50. The summed E-state index contributed by atoms with van der Waals surface area (Å²) in [7, 11) is 0.793. The highest BCUT2D eigenvalue weighted by Gasteiger charge is 2.35. The summed E-state index contributed by atoms with van der Waals surface area (Å²) >= 11 is 6.11. The topological polar surface area (TPSA) is 102 Å². The van der Waals surface area contributed by atoms with E-state index in [1.54, 1.807) is 36.5 Å². The molecule has 4 aromatic rings. The molecular formula is C26H18ClF4N3O6. The van der Waals surface area contributed by atoms with E-state index in [9.17, 15) is 31.9 Å². The number of nitrogens with zero attached hydrogens (tertiary/aromatic N) is 3. The van der Waals surface area contributed by atoms with Gasteiger partial charge in [0, 0.05) is 25.4 Å². The number of aromatic nitrogens is 3. The maximum Gasteiger partial charge on any atom is 0.431 e. The van der Waals surface area contributed by atoms with Gasteiger partial charge >= 0.3 is 17.8 Å². The Bertz CT molecular complexity index is 1670. The third kappa shape index (κ3) is 6.31. The fraction of sp³-hybridized carbons (Fsp3) is 0.154. The van der Waals surface area contributed by atoms with E-state index in [1.165, 1.54) is 12.1 Å². The molecule has 0 aliphatic rings. The molecule has 9 nitrogen and oxygen atoms in total. The molecule has 4 rings (SSSR count). The predicted molar refractivity (Wildman–Crippen MR) is 133 cm³/mol. The van der Waals surface area contributed by atoms with Crippen molar-refractivity contribution in [1.29, 1.82) is 0 Å². The average Bonchev–Trinajstić information content (AvgIpc) is 2.91. The van der Waals surface area contributed by atoms with E-state index >= 15 is 0 Å². The quantitative estimate of drug-likeness (QED) is 0.221. The number of esters is 1. The van der Waals surface area contributed by atoms with Gasteiger partial charge in [-0.15, -0.1) is 0 Å². The van der Waals surface area contributed by atoms with Gasteiger partial charge < -0.3 is 14.2 Å². The van der Waals surface area contributed by atoms with E-state index in [0.717, 1.165) is 19.2 Å². The summed E-state index contributed by atoms with van der Waals surface area (Å²) in [4.78, 5) is 41.2. The summed E-state index contributed by atoms with van der Waals surface area (Å²) in [5.74, 6) is -2.08. The maximum atomic E-state index is 14.8. The van der Waals surface area contributed by atoms with Crippen LogP contribution in [0.1, 0.15) is 11.4 Å². The van der Waals surface area contributed by atoms with Crippen LogP contribution in [0.25, 0.3) is 5.69 Å². The van der Waals surface area contributed by atoms with Crippen molar-refractivity contribution in [3.8, 4) is 22.9 Å². The van der Waals surface area contributed by atoms with E-state index in [0.29, 0.717) is 5.69 Å². The Morgan fingerprint density at radius 3 is 2.38 bits per heavy atom. The Labute approximate surface area is 227 Å². The number of hydrogen-bond donors (Lipinski definition) is 0. The number of carbonyl (C=O) groups excluding carboxylic acids is 1. The zero-order valence-electron chi connectivity index (χ0n) is 20.4. The molecule has 0 amide bonds. The largest absolute Gasteiger partial charge is 0.478 e. The lowest BCUT2D eigenvalue weighted by atomic mass is 10.2. The first-order valence-electron chi connectivity index (χ1n) is 11.3. The number of carbonyl (C=O) groups is 1. The molecule has 0 saturated heterocycles. The van der Waals surface area contributed by atoms with E-state index in [1.807, 2.05) is 0 Å². The first-order valence-corrected chi connectivity index (χ1v) is 11.7. The number of halogens is 5. The summed E-state index contributed by atoms with van der Waals surface area (Å²) < 4.78 is 71.1. The van der Waals surface area contributed by atoms with E-state index < -0.39 is 47.2 Å². The van der Waals surface area contributed by atoms with Crippen LogP contribution in [-0.4, -0.2) is 26.7 Å². The maximum absolute atomic E-state index is 14.8. The van der Waals surface area contributed by atoms with E-state index in [4.69, 9.17) is 25.8 Å². The Morgan fingerprint density at radius 1 is 1.00 bits per heavy atom. The molecule has 0 spiro atoms. The van der Waals surface area contributed by atoms with Crippen molar-refractivity contribution < 1.29 is 36.6 Å². The molecule has 0 aliphatic heterocycles. The van der Waals surface area contributed by atoms with Crippen LogP contribution in [0, 0.1) is 5.82 Å². The minimum absolute atomic E-state index is 0.00662. The minimum Gasteiger partial charge on any atom is -0.478 e. The summed E-state index contributed by atoms with van der Waals surface area (Å²) in [6, 6.07) is 12.9. The highest BCUT2D eigenvalue weighted by molar-refractivity contribution is 6.32. The molecular weight excluding hydrogens is 562 g/mol. The minimum atomic E-state index is -4.99. The van der Waals surface area contributed by atoms with Gasteiger partial charge in [-0.3, -0.25) is 14.3 Å². The van der Waals surface area contributed by atoms with Gasteiger partial charge in [-0.1, -0.05) is 29.8 Å². The number of benzene rings is 2. The monoisotopic (exact) mass is 579 g/mol. The molecule has 0 saturated carbocycles. The third-order valence-electron chi connectivity index (χ3n) is 5.37. The number of ether oxygens (including phenoxy) is 3. The van der Waals surface area contributed by atoms with Crippen LogP contribution >= 0.6 is 11.6 Å². The SMILES string of the molecule is Cn1c(C(F)(F)F)cc(=O)n(-c2cc(Oc3ccccc3OCC(=O)OCc3ccccn3)c(Cl)cc2F)c1=O. The van der Waals surface area contributed by atoms with Crippen molar-refractivity contribution in [2.75, 3.05) is 6.61 Å². The molecule has 0 atom stereocenters. The van der Waals surface area contributed by atoms with Crippen LogP contribution in [0.15, 0.2) is 76.4 Å². The summed E-state index contributed by atoms with van der Waals surface area (Å²) in [6.07, 6.45) is -3.45. The molecule has 14 heteroatoms. The lowest BCUT2D eigenvalue weighted by Gasteiger charge is -2.16. The van der Waals surface area contributed by atoms with Crippen molar-refractivity contribution in [3.05, 3.63) is 110 Å². The van der Waals surface area contributed by atoms with Crippen molar-refractivity contribution in [2.24, 2.45) is 7.05 Å². The molecule has 0 unspecified atom stereocenters. The lowest BCUT2D eigenvalue weighted by Crippen LogP contribution is -2.41. The van der Waals surface area contributed by atoms with Crippen molar-refractivity contribution in [2.45, 2.75) is 12.8 Å². The van der Waals surface area contributed by atoms with Gasteiger partial charge in [0.2, 0.25) is 0 Å². The molecule has 0 bridgehead atoms. The highest BCUT2D eigenvalue weighted by Crippen LogP contribution is 2.37. The second-order valence-electron chi connectivity index (χ2n) is 8.10. The molecule has 2 heterocycles. The first-order chi connectivity index (χ1) is 19.0. The van der Waals surface area contributed by atoms with Gasteiger partial charge in [0.15, 0.2) is 18.1 Å². The lowest BCUT2D eigenvalue weighted by molar-refractivity contribution is -0.147. The average molecular weight is 580 g/mol. The van der Waals surface area contributed by atoms with Gasteiger partial charge in [-0.2, -0.15) is 13.2 Å². The van der Waals surface area contributed by atoms with Crippen LogP contribution in [0.3, 0.4) is 0 Å². The highest BCUT2D eigenvalue weighted by atomic mass is 35.5. The third-order valence-corrected chi connectivity index (χ3v) is 5.67. The first kappa shape index (κ1) is 28.4. The van der Waals surface area contributed by atoms with Crippen LogP contribution < -0.4 is 20.7 Å². The Morgan fingerprint density at radius 2 is 1.70 bits per heavy atom.